The Bertz CT molecular complexity index is 379. The molecule has 1 aromatic rings. The van der Waals surface area contributed by atoms with Gasteiger partial charge in [-0.3, -0.25) is 0 Å². The Morgan fingerprint density at radius 1 is 1.33 bits per heavy atom. The number of anilines is 1. The highest BCUT2D eigenvalue weighted by Crippen LogP contribution is 2.00. The van der Waals surface area contributed by atoms with Gasteiger partial charge in [-0.05, 0) is 18.9 Å². The summed E-state index contributed by atoms with van der Waals surface area (Å²) in [6, 6.07) is 3.55. The number of rotatable bonds is 9. The number of nitriles is 1. The molecule has 6 heteroatoms. The number of nitrogens with zero attached hydrogens (tertiary/aromatic N) is 3. The fraction of sp³-hybridized carbons (Fsp3) is 0.583. The Hall–Kier alpha value is -1.71. The maximum atomic E-state index is 8.68. The smallest absolute Gasteiger partial charge is 0.223 e. The van der Waals surface area contributed by atoms with Gasteiger partial charge < -0.3 is 14.8 Å². The molecular weight excluding hydrogens is 232 g/mol. The first kappa shape index (κ1) is 14.4. The van der Waals surface area contributed by atoms with Gasteiger partial charge in [-0.15, -0.1) is 0 Å². The van der Waals surface area contributed by atoms with Gasteiger partial charge in [0.25, 0.3) is 0 Å². The van der Waals surface area contributed by atoms with Crippen LogP contribution in [0.25, 0.3) is 0 Å². The summed E-state index contributed by atoms with van der Waals surface area (Å²) in [6.07, 6.45) is 3.50. The molecule has 0 aliphatic heterocycles. The normalized spacial score (nSPS) is 10.0. The molecule has 6 nitrogen and oxygen atoms in total. The highest BCUT2D eigenvalue weighted by Gasteiger charge is 1.97. The zero-order chi connectivity index (χ0) is 13.1. The van der Waals surface area contributed by atoms with E-state index < -0.39 is 0 Å². The minimum Gasteiger partial charge on any atom is -0.382 e. The van der Waals surface area contributed by atoms with E-state index in [1.807, 2.05) is 6.07 Å². The first-order valence-corrected chi connectivity index (χ1v) is 5.90. The quantitative estimate of drug-likeness (QED) is 0.663. The zero-order valence-corrected chi connectivity index (χ0v) is 10.6. The van der Waals surface area contributed by atoms with Crippen LogP contribution in [0.15, 0.2) is 12.3 Å². The SMILES string of the molecule is COCCOCCCCNc1nccc(C#N)n1. The van der Waals surface area contributed by atoms with Gasteiger partial charge in [0.2, 0.25) is 5.95 Å². The monoisotopic (exact) mass is 250 g/mol. The molecule has 0 saturated carbocycles. The van der Waals surface area contributed by atoms with Crippen LogP contribution in [0.2, 0.25) is 0 Å². The van der Waals surface area contributed by atoms with E-state index in [-0.39, 0.29) is 0 Å². The third kappa shape index (κ3) is 6.13. The average Bonchev–Trinajstić information content (AvgIpc) is 2.42. The molecule has 1 aromatic heterocycles. The molecule has 18 heavy (non-hydrogen) atoms. The zero-order valence-electron chi connectivity index (χ0n) is 10.6. The van der Waals surface area contributed by atoms with Crippen molar-refractivity contribution < 1.29 is 9.47 Å². The van der Waals surface area contributed by atoms with Crippen LogP contribution in [0.5, 0.6) is 0 Å². The molecule has 0 saturated heterocycles. The largest absolute Gasteiger partial charge is 0.382 e. The Kier molecular flexibility index (Phi) is 7.44. The lowest BCUT2D eigenvalue weighted by Gasteiger charge is -2.05. The summed E-state index contributed by atoms with van der Waals surface area (Å²) >= 11 is 0. The number of methoxy groups -OCH3 is 1. The van der Waals surface area contributed by atoms with Gasteiger partial charge in [0.15, 0.2) is 0 Å². The van der Waals surface area contributed by atoms with E-state index in [2.05, 4.69) is 15.3 Å². The molecular formula is C12H18N4O2. The molecule has 1 rings (SSSR count). The topological polar surface area (TPSA) is 80.1 Å². The fourth-order valence-electron chi connectivity index (χ4n) is 1.28. The summed E-state index contributed by atoms with van der Waals surface area (Å²) in [5.41, 5.74) is 0.371. The number of hydrogen-bond acceptors (Lipinski definition) is 6. The third-order valence-electron chi connectivity index (χ3n) is 2.20. The lowest BCUT2D eigenvalue weighted by Crippen LogP contribution is -2.08. The van der Waals surface area contributed by atoms with E-state index in [9.17, 15) is 0 Å². The summed E-state index contributed by atoms with van der Waals surface area (Å²) in [7, 11) is 1.66. The first-order valence-electron chi connectivity index (χ1n) is 5.90. The molecule has 98 valence electrons. The summed E-state index contributed by atoms with van der Waals surface area (Å²) in [5.74, 6) is 0.495. The van der Waals surface area contributed by atoms with Crippen LogP contribution in [0.1, 0.15) is 18.5 Å². The van der Waals surface area contributed by atoms with Crippen LogP contribution in [0.4, 0.5) is 5.95 Å². The van der Waals surface area contributed by atoms with Crippen LogP contribution < -0.4 is 5.32 Å². The molecule has 0 aromatic carbocycles. The second-order valence-electron chi connectivity index (χ2n) is 3.62. The number of ether oxygens (including phenoxy) is 2. The first-order chi connectivity index (χ1) is 8.86. The van der Waals surface area contributed by atoms with Gasteiger partial charge in [0.05, 0.1) is 13.2 Å². The second-order valence-corrected chi connectivity index (χ2v) is 3.62. The predicted molar refractivity (Wildman–Crippen MR) is 67.2 cm³/mol. The van der Waals surface area contributed by atoms with E-state index in [0.29, 0.717) is 24.9 Å². The van der Waals surface area contributed by atoms with Gasteiger partial charge >= 0.3 is 0 Å². The number of nitrogens with one attached hydrogen (secondary N) is 1. The van der Waals surface area contributed by atoms with Crippen molar-refractivity contribution in [3.63, 3.8) is 0 Å². The molecule has 1 N–H and O–H groups in total. The van der Waals surface area contributed by atoms with Gasteiger partial charge in [0.1, 0.15) is 11.8 Å². The minimum absolute atomic E-state index is 0.371. The molecule has 0 bridgehead atoms. The van der Waals surface area contributed by atoms with Gasteiger partial charge in [-0.2, -0.15) is 5.26 Å². The van der Waals surface area contributed by atoms with Crippen molar-refractivity contribution in [1.82, 2.24) is 9.97 Å². The molecule has 0 radical (unpaired) electrons. The summed E-state index contributed by atoms with van der Waals surface area (Å²) in [6.45, 7) is 2.76. The van der Waals surface area contributed by atoms with Crippen molar-refractivity contribution in [2.24, 2.45) is 0 Å². The number of unbranched alkanes of at least 4 members (excludes halogenated alkanes) is 1. The maximum absolute atomic E-state index is 8.68. The molecule has 0 unspecified atom stereocenters. The van der Waals surface area contributed by atoms with E-state index >= 15 is 0 Å². The highest BCUT2D eigenvalue weighted by atomic mass is 16.5. The molecule has 0 spiro atoms. The number of hydrogen-bond donors (Lipinski definition) is 1. The fourth-order valence-corrected chi connectivity index (χ4v) is 1.28. The summed E-state index contributed by atoms with van der Waals surface area (Å²) < 4.78 is 10.2. The van der Waals surface area contributed by atoms with Gasteiger partial charge in [-0.25, -0.2) is 9.97 Å². The Balaban J connectivity index is 2.05. The Morgan fingerprint density at radius 2 is 2.22 bits per heavy atom. The summed E-state index contributed by atoms with van der Waals surface area (Å²) in [4.78, 5) is 8.04. The van der Waals surface area contributed by atoms with Crippen molar-refractivity contribution in [2.45, 2.75) is 12.8 Å². The van der Waals surface area contributed by atoms with E-state index in [0.717, 1.165) is 26.0 Å². The molecule has 1 heterocycles. The maximum Gasteiger partial charge on any atom is 0.223 e. The van der Waals surface area contributed by atoms with Crippen molar-refractivity contribution in [3.8, 4) is 6.07 Å². The molecule has 0 aliphatic rings. The lowest BCUT2D eigenvalue weighted by molar-refractivity contribution is 0.0691. The molecule has 0 atom stereocenters. The second kappa shape index (κ2) is 9.33. The standard InChI is InChI=1S/C12H18N4O2/c1-17-8-9-18-7-3-2-5-14-12-15-6-4-11(10-13)16-12/h4,6H,2-3,5,7-9H2,1H3,(H,14,15,16). The number of aromatic nitrogens is 2. The van der Waals surface area contributed by atoms with Crippen LogP contribution in [0, 0.1) is 11.3 Å². The molecule has 0 aliphatic carbocycles. The van der Waals surface area contributed by atoms with E-state index in [1.165, 1.54) is 0 Å². The third-order valence-corrected chi connectivity index (χ3v) is 2.20. The minimum atomic E-state index is 0.371. The van der Waals surface area contributed by atoms with Gasteiger partial charge in [0, 0.05) is 26.5 Å². The lowest BCUT2D eigenvalue weighted by atomic mass is 10.3. The Labute approximate surface area is 107 Å². The average molecular weight is 250 g/mol. The van der Waals surface area contributed by atoms with Gasteiger partial charge in [-0.1, -0.05) is 0 Å². The summed E-state index contributed by atoms with van der Waals surface area (Å²) in [5, 5.41) is 11.7. The Morgan fingerprint density at radius 3 is 3.00 bits per heavy atom. The van der Waals surface area contributed by atoms with Crippen molar-refractivity contribution in [3.05, 3.63) is 18.0 Å². The van der Waals surface area contributed by atoms with Crippen molar-refractivity contribution >= 4 is 5.95 Å². The molecule has 0 amide bonds. The predicted octanol–water partition coefficient (Wildman–Crippen LogP) is 1.20. The van der Waals surface area contributed by atoms with Crippen LogP contribution in [-0.2, 0) is 9.47 Å². The van der Waals surface area contributed by atoms with Crippen molar-refractivity contribution in [2.75, 3.05) is 38.8 Å². The van der Waals surface area contributed by atoms with E-state index in [4.69, 9.17) is 14.7 Å². The van der Waals surface area contributed by atoms with Crippen LogP contribution in [-0.4, -0.2) is 43.4 Å². The van der Waals surface area contributed by atoms with Crippen LogP contribution >= 0.6 is 0 Å². The van der Waals surface area contributed by atoms with Crippen LogP contribution in [0.3, 0.4) is 0 Å². The highest BCUT2D eigenvalue weighted by molar-refractivity contribution is 5.29. The molecule has 0 fully saturated rings. The van der Waals surface area contributed by atoms with E-state index in [1.54, 1.807) is 19.4 Å². The van der Waals surface area contributed by atoms with Crippen molar-refractivity contribution in [1.29, 1.82) is 5.26 Å².